The van der Waals surface area contributed by atoms with E-state index in [2.05, 4.69) is 24.4 Å². The van der Waals surface area contributed by atoms with Gasteiger partial charge in [-0.15, -0.1) is 0 Å². The Morgan fingerprint density at radius 2 is 2.11 bits per heavy atom. The fraction of sp³-hybridized carbons (Fsp3) is 0.562. The Balaban J connectivity index is 1.72. The highest BCUT2D eigenvalue weighted by atomic mass is 16.1. The third-order valence-electron chi connectivity index (χ3n) is 4.17. The standard InChI is InChI=1S/C16H24N2O/c1-13-4-2-3-5-14(13)6-7-15(19)18-12-16(8-9-16)10-11-17/h2-5H,6-12,17H2,1H3,(H,18,19). The summed E-state index contributed by atoms with van der Waals surface area (Å²) in [4.78, 5) is 11.9. The van der Waals surface area contributed by atoms with Crippen LogP contribution >= 0.6 is 0 Å². The first-order valence-corrected chi connectivity index (χ1v) is 7.16. The van der Waals surface area contributed by atoms with E-state index >= 15 is 0 Å². The molecule has 0 heterocycles. The molecule has 0 unspecified atom stereocenters. The van der Waals surface area contributed by atoms with Crippen LogP contribution in [0.15, 0.2) is 24.3 Å². The molecule has 1 aliphatic rings. The largest absolute Gasteiger partial charge is 0.356 e. The third kappa shape index (κ3) is 4.06. The first-order valence-electron chi connectivity index (χ1n) is 7.16. The normalized spacial score (nSPS) is 16.1. The Labute approximate surface area is 115 Å². The number of hydrogen-bond acceptors (Lipinski definition) is 2. The van der Waals surface area contributed by atoms with Crippen LogP contribution in [0, 0.1) is 12.3 Å². The SMILES string of the molecule is Cc1ccccc1CCC(=O)NCC1(CCN)CC1. The summed E-state index contributed by atoms with van der Waals surface area (Å²) in [5, 5.41) is 3.07. The molecule has 19 heavy (non-hydrogen) atoms. The van der Waals surface area contributed by atoms with Gasteiger partial charge in [0.15, 0.2) is 0 Å². The van der Waals surface area contributed by atoms with Gasteiger partial charge in [-0.05, 0) is 55.7 Å². The lowest BCUT2D eigenvalue weighted by atomic mass is 10.0. The lowest BCUT2D eigenvalue weighted by Crippen LogP contribution is -2.31. The van der Waals surface area contributed by atoms with Crippen molar-refractivity contribution in [2.45, 2.75) is 39.0 Å². The van der Waals surface area contributed by atoms with E-state index in [1.807, 2.05) is 12.1 Å². The van der Waals surface area contributed by atoms with Crippen LogP contribution in [0.1, 0.15) is 36.8 Å². The number of rotatable bonds is 7. The molecule has 1 fully saturated rings. The molecule has 1 aromatic rings. The number of benzene rings is 1. The second-order valence-electron chi connectivity index (χ2n) is 5.74. The first kappa shape index (κ1) is 14.1. The van der Waals surface area contributed by atoms with Crippen LogP contribution in [0.4, 0.5) is 0 Å². The predicted octanol–water partition coefficient (Wildman–Crippen LogP) is 2.17. The van der Waals surface area contributed by atoms with Crippen molar-refractivity contribution in [1.82, 2.24) is 5.32 Å². The Morgan fingerprint density at radius 3 is 2.74 bits per heavy atom. The first-order chi connectivity index (χ1) is 9.15. The summed E-state index contributed by atoms with van der Waals surface area (Å²) < 4.78 is 0. The fourth-order valence-corrected chi connectivity index (χ4v) is 2.51. The van der Waals surface area contributed by atoms with Crippen molar-refractivity contribution in [3.05, 3.63) is 35.4 Å². The van der Waals surface area contributed by atoms with Gasteiger partial charge in [-0.25, -0.2) is 0 Å². The highest BCUT2D eigenvalue weighted by Gasteiger charge is 2.41. The summed E-state index contributed by atoms with van der Waals surface area (Å²) in [5.74, 6) is 0.159. The summed E-state index contributed by atoms with van der Waals surface area (Å²) in [6.45, 7) is 3.61. The van der Waals surface area contributed by atoms with Crippen LogP contribution in [0.2, 0.25) is 0 Å². The molecule has 0 saturated heterocycles. The van der Waals surface area contributed by atoms with Gasteiger partial charge in [0.2, 0.25) is 5.91 Å². The average molecular weight is 260 g/mol. The van der Waals surface area contributed by atoms with E-state index in [1.165, 1.54) is 24.0 Å². The maximum atomic E-state index is 11.9. The lowest BCUT2D eigenvalue weighted by molar-refractivity contribution is -0.121. The molecule has 0 aromatic heterocycles. The fourth-order valence-electron chi connectivity index (χ4n) is 2.51. The summed E-state index contributed by atoms with van der Waals surface area (Å²) in [7, 11) is 0. The quantitative estimate of drug-likeness (QED) is 0.789. The Bertz CT molecular complexity index is 438. The number of nitrogens with two attached hydrogens (primary N) is 1. The zero-order chi connectivity index (χ0) is 13.7. The molecule has 0 bridgehead atoms. The van der Waals surface area contributed by atoms with E-state index in [0.717, 1.165) is 25.9 Å². The van der Waals surface area contributed by atoms with Gasteiger partial charge in [0, 0.05) is 13.0 Å². The highest BCUT2D eigenvalue weighted by Crippen LogP contribution is 2.47. The lowest BCUT2D eigenvalue weighted by Gasteiger charge is -2.15. The average Bonchev–Trinajstić information content (AvgIpc) is 3.16. The molecule has 104 valence electrons. The number of hydrogen-bond donors (Lipinski definition) is 2. The molecule has 1 aliphatic carbocycles. The van der Waals surface area contributed by atoms with Crippen molar-refractivity contribution >= 4 is 5.91 Å². The molecule has 0 radical (unpaired) electrons. The van der Waals surface area contributed by atoms with E-state index in [9.17, 15) is 4.79 Å². The number of aryl methyl sites for hydroxylation is 2. The van der Waals surface area contributed by atoms with Gasteiger partial charge in [0.1, 0.15) is 0 Å². The van der Waals surface area contributed by atoms with Crippen LogP contribution in [-0.4, -0.2) is 19.0 Å². The highest BCUT2D eigenvalue weighted by molar-refractivity contribution is 5.76. The molecule has 3 heteroatoms. The molecule has 0 spiro atoms. The molecule has 3 N–H and O–H groups in total. The van der Waals surface area contributed by atoms with E-state index < -0.39 is 0 Å². The number of amides is 1. The topological polar surface area (TPSA) is 55.1 Å². The van der Waals surface area contributed by atoms with Crippen molar-refractivity contribution in [3.8, 4) is 0 Å². The number of carbonyl (C=O) groups excluding carboxylic acids is 1. The minimum Gasteiger partial charge on any atom is -0.356 e. The minimum absolute atomic E-state index is 0.159. The van der Waals surface area contributed by atoms with Gasteiger partial charge in [0.25, 0.3) is 0 Å². The van der Waals surface area contributed by atoms with E-state index in [1.54, 1.807) is 0 Å². The van der Waals surface area contributed by atoms with Crippen LogP contribution in [-0.2, 0) is 11.2 Å². The molecule has 1 saturated carbocycles. The summed E-state index contributed by atoms with van der Waals surface area (Å²) in [5.41, 5.74) is 8.45. The van der Waals surface area contributed by atoms with Crippen molar-refractivity contribution in [2.24, 2.45) is 11.1 Å². The predicted molar refractivity (Wildman–Crippen MR) is 77.8 cm³/mol. The monoisotopic (exact) mass is 260 g/mol. The molecule has 2 rings (SSSR count). The summed E-state index contributed by atoms with van der Waals surface area (Å²) >= 11 is 0. The number of nitrogens with one attached hydrogen (secondary N) is 1. The molecule has 1 aromatic carbocycles. The third-order valence-corrected chi connectivity index (χ3v) is 4.17. The zero-order valence-electron chi connectivity index (χ0n) is 11.7. The maximum absolute atomic E-state index is 11.9. The van der Waals surface area contributed by atoms with Gasteiger partial charge in [-0.1, -0.05) is 24.3 Å². The molecule has 3 nitrogen and oxygen atoms in total. The Morgan fingerprint density at radius 1 is 1.37 bits per heavy atom. The number of carbonyl (C=O) groups is 1. The second kappa shape index (κ2) is 6.20. The van der Waals surface area contributed by atoms with E-state index in [0.29, 0.717) is 11.8 Å². The van der Waals surface area contributed by atoms with E-state index in [4.69, 9.17) is 5.73 Å². The van der Waals surface area contributed by atoms with Crippen LogP contribution in [0.25, 0.3) is 0 Å². The van der Waals surface area contributed by atoms with Crippen molar-refractivity contribution in [2.75, 3.05) is 13.1 Å². The zero-order valence-corrected chi connectivity index (χ0v) is 11.7. The van der Waals surface area contributed by atoms with Gasteiger partial charge in [-0.2, -0.15) is 0 Å². The summed E-state index contributed by atoms with van der Waals surface area (Å²) in [6, 6.07) is 8.25. The maximum Gasteiger partial charge on any atom is 0.220 e. The van der Waals surface area contributed by atoms with Gasteiger partial charge in [-0.3, -0.25) is 4.79 Å². The molecular weight excluding hydrogens is 236 g/mol. The van der Waals surface area contributed by atoms with Gasteiger partial charge in [0.05, 0.1) is 0 Å². The molecule has 0 atom stereocenters. The van der Waals surface area contributed by atoms with Crippen LogP contribution in [0.3, 0.4) is 0 Å². The molecule has 0 aliphatic heterocycles. The van der Waals surface area contributed by atoms with Gasteiger partial charge < -0.3 is 11.1 Å². The molecule has 1 amide bonds. The van der Waals surface area contributed by atoms with Crippen LogP contribution < -0.4 is 11.1 Å². The van der Waals surface area contributed by atoms with Crippen molar-refractivity contribution in [3.63, 3.8) is 0 Å². The van der Waals surface area contributed by atoms with Crippen molar-refractivity contribution < 1.29 is 4.79 Å². The smallest absolute Gasteiger partial charge is 0.220 e. The Hall–Kier alpha value is -1.35. The van der Waals surface area contributed by atoms with Gasteiger partial charge >= 0.3 is 0 Å². The van der Waals surface area contributed by atoms with E-state index in [-0.39, 0.29) is 5.91 Å². The Kier molecular flexibility index (Phi) is 4.59. The summed E-state index contributed by atoms with van der Waals surface area (Å²) in [6.07, 6.45) is 4.85. The second-order valence-corrected chi connectivity index (χ2v) is 5.74. The van der Waals surface area contributed by atoms with Crippen molar-refractivity contribution in [1.29, 1.82) is 0 Å². The molecular formula is C16H24N2O. The van der Waals surface area contributed by atoms with Crippen LogP contribution in [0.5, 0.6) is 0 Å². The minimum atomic E-state index is 0.159.